The Bertz CT molecular complexity index is 745. The van der Waals surface area contributed by atoms with E-state index in [0.29, 0.717) is 22.2 Å². The number of fused-ring (bicyclic) bond motifs is 1. The minimum atomic E-state index is -0.157. The first-order chi connectivity index (χ1) is 9.63. The van der Waals surface area contributed by atoms with Crippen LogP contribution in [-0.2, 0) is 6.54 Å². The molecule has 0 fully saturated rings. The van der Waals surface area contributed by atoms with Crippen LogP contribution in [0.1, 0.15) is 20.4 Å². The lowest BCUT2D eigenvalue weighted by Gasteiger charge is -2.00. The molecule has 2 aromatic heterocycles. The Morgan fingerprint density at radius 3 is 2.80 bits per heavy atom. The van der Waals surface area contributed by atoms with Gasteiger partial charge in [0.15, 0.2) is 5.13 Å². The Labute approximate surface area is 123 Å². The van der Waals surface area contributed by atoms with Gasteiger partial charge in [-0.25, -0.2) is 9.97 Å². The van der Waals surface area contributed by atoms with Crippen LogP contribution in [0.4, 0.5) is 5.13 Å². The average Bonchev–Trinajstić information content (AvgIpc) is 2.98. The molecule has 1 aromatic carbocycles. The predicted octanol–water partition coefficient (Wildman–Crippen LogP) is 2.57. The number of nitrogen functional groups attached to an aromatic ring is 1. The third-order valence-corrected chi connectivity index (χ3v) is 4.78. The minimum Gasteiger partial charge on any atom is -0.375 e. The second kappa shape index (κ2) is 5.18. The van der Waals surface area contributed by atoms with Crippen molar-refractivity contribution in [3.05, 3.63) is 39.8 Å². The molecule has 0 aliphatic rings. The fourth-order valence-corrected chi connectivity index (χ4v) is 3.52. The summed E-state index contributed by atoms with van der Waals surface area (Å²) in [5, 5.41) is 4.15. The molecule has 7 heteroatoms. The molecule has 3 rings (SSSR count). The number of nitrogens with two attached hydrogens (primary N) is 1. The van der Waals surface area contributed by atoms with Crippen LogP contribution in [0.2, 0.25) is 0 Å². The largest absolute Gasteiger partial charge is 0.375 e. The summed E-state index contributed by atoms with van der Waals surface area (Å²) in [5.41, 5.74) is 7.21. The van der Waals surface area contributed by atoms with Gasteiger partial charge in [-0.15, -0.1) is 11.3 Å². The van der Waals surface area contributed by atoms with Crippen LogP contribution in [0, 0.1) is 6.92 Å². The number of aromatic nitrogens is 2. The summed E-state index contributed by atoms with van der Waals surface area (Å²) in [5.74, 6) is -0.157. The molecular weight excluding hydrogens is 292 g/mol. The molecule has 102 valence electrons. The summed E-state index contributed by atoms with van der Waals surface area (Å²) in [4.78, 5) is 21.1. The molecule has 0 saturated heterocycles. The highest BCUT2D eigenvalue weighted by Crippen LogP contribution is 2.22. The van der Waals surface area contributed by atoms with E-state index in [9.17, 15) is 4.79 Å². The highest BCUT2D eigenvalue weighted by molar-refractivity contribution is 7.18. The molecule has 0 spiro atoms. The summed E-state index contributed by atoms with van der Waals surface area (Å²) in [6.07, 6.45) is 0. The van der Waals surface area contributed by atoms with Crippen molar-refractivity contribution in [3.63, 3.8) is 0 Å². The van der Waals surface area contributed by atoms with Crippen LogP contribution in [0.5, 0.6) is 0 Å². The van der Waals surface area contributed by atoms with Gasteiger partial charge >= 0.3 is 0 Å². The zero-order valence-corrected chi connectivity index (χ0v) is 12.3. The summed E-state index contributed by atoms with van der Waals surface area (Å²) >= 11 is 2.78. The number of hydrogen-bond donors (Lipinski definition) is 2. The Hall–Kier alpha value is -1.99. The maximum atomic E-state index is 12.0. The van der Waals surface area contributed by atoms with Crippen LogP contribution >= 0.6 is 22.7 Å². The Kier molecular flexibility index (Phi) is 3.37. The molecule has 3 aromatic rings. The first-order valence-electron chi connectivity index (χ1n) is 5.99. The van der Waals surface area contributed by atoms with Gasteiger partial charge in [-0.05, 0) is 19.1 Å². The van der Waals surface area contributed by atoms with Crippen molar-refractivity contribution in [2.75, 3.05) is 5.73 Å². The van der Waals surface area contributed by atoms with Crippen molar-refractivity contribution < 1.29 is 4.79 Å². The Morgan fingerprint density at radius 2 is 2.10 bits per heavy atom. The summed E-state index contributed by atoms with van der Waals surface area (Å²) < 4.78 is 1.12. The molecule has 0 aliphatic carbocycles. The second-order valence-corrected chi connectivity index (χ2v) is 6.37. The van der Waals surface area contributed by atoms with Gasteiger partial charge in [0.1, 0.15) is 9.88 Å². The zero-order valence-electron chi connectivity index (χ0n) is 10.7. The van der Waals surface area contributed by atoms with Gasteiger partial charge in [-0.1, -0.05) is 23.5 Å². The second-order valence-electron chi connectivity index (χ2n) is 4.22. The van der Waals surface area contributed by atoms with Crippen LogP contribution in [0.25, 0.3) is 10.2 Å². The van der Waals surface area contributed by atoms with Gasteiger partial charge in [0, 0.05) is 0 Å². The van der Waals surface area contributed by atoms with E-state index in [1.807, 2.05) is 24.3 Å². The number of carbonyl (C=O) groups excluding carboxylic acids is 1. The third-order valence-electron chi connectivity index (χ3n) is 2.76. The molecule has 0 saturated carbocycles. The molecule has 3 N–H and O–H groups in total. The molecular formula is C13H12N4OS2. The van der Waals surface area contributed by atoms with Gasteiger partial charge in [0.25, 0.3) is 5.91 Å². The molecule has 2 heterocycles. The number of thiazole rings is 2. The maximum Gasteiger partial charge on any atom is 0.263 e. The lowest BCUT2D eigenvalue weighted by atomic mass is 10.3. The number of aryl methyl sites for hydroxylation is 1. The topological polar surface area (TPSA) is 80.9 Å². The predicted molar refractivity (Wildman–Crippen MR) is 82.1 cm³/mol. The number of amides is 1. The molecule has 0 radical (unpaired) electrons. The number of para-hydroxylation sites is 1. The number of rotatable bonds is 3. The molecule has 20 heavy (non-hydrogen) atoms. The van der Waals surface area contributed by atoms with Gasteiger partial charge in [-0.3, -0.25) is 4.79 Å². The first-order valence-corrected chi connectivity index (χ1v) is 7.62. The first kappa shape index (κ1) is 13.0. The van der Waals surface area contributed by atoms with Crippen molar-refractivity contribution in [2.45, 2.75) is 13.5 Å². The summed E-state index contributed by atoms with van der Waals surface area (Å²) in [7, 11) is 0. The van der Waals surface area contributed by atoms with Gasteiger partial charge < -0.3 is 11.1 Å². The number of benzene rings is 1. The third kappa shape index (κ3) is 2.50. The number of hydrogen-bond acceptors (Lipinski definition) is 6. The highest BCUT2D eigenvalue weighted by atomic mass is 32.1. The molecule has 0 aliphatic heterocycles. The maximum absolute atomic E-state index is 12.0. The van der Waals surface area contributed by atoms with Gasteiger partial charge in [0.05, 0.1) is 22.5 Å². The average molecular weight is 304 g/mol. The van der Waals surface area contributed by atoms with Crippen LogP contribution in [0.15, 0.2) is 24.3 Å². The van der Waals surface area contributed by atoms with E-state index >= 15 is 0 Å². The van der Waals surface area contributed by atoms with Crippen molar-refractivity contribution >= 4 is 43.9 Å². The molecule has 0 bridgehead atoms. The number of carbonyl (C=O) groups is 1. The van der Waals surface area contributed by atoms with E-state index in [2.05, 4.69) is 15.3 Å². The van der Waals surface area contributed by atoms with E-state index < -0.39 is 0 Å². The monoisotopic (exact) mass is 304 g/mol. The van der Waals surface area contributed by atoms with Crippen molar-refractivity contribution in [1.29, 1.82) is 0 Å². The molecule has 1 amide bonds. The zero-order chi connectivity index (χ0) is 14.1. The minimum absolute atomic E-state index is 0.157. The summed E-state index contributed by atoms with van der Waals surface area (Å²) in [6, 6.07) is 7.91. The molecule has 0 unspecified atom stereocenters. The van der Waals surface area contributed by atoms with Crippen molar-refractivity contribution in [2.24, 2.45) is 0 Å². The highest BCUT2D eigenvalue weighted by Gasteiger charge is 2.14. The number of anilines is 1. The SMILES string of the molecule is Cc1nc(N)sc1C(=O)NCc1nc2ccccc2s1. The standard InChI is InChI=1S/C13H12N4OS2/c1-7-11(20-13(14)16-7)12(18)15-6-10-17-8-4-2-3-5-9(8)19-10/h2-5H,6H2,1H3,(H2,14,16)(H,15,18). The number of nitrogens with one attached hydrogen (secondary N) is 1. The molecule has 0 atom stereocenters. The molecule has 5 nitrogen and oxygen atoms in total. The van der Waals surface area contributed by atoms with Crippen LogP contribution in [0.3, 0.4) is 0 Å². The quantitative estimate of drug-likeness (QED) is 0.779. The summed E-state index contributed by atoms with van der Waals surface area (Å²) in [6.45, 7) is 2.19. The van der Waals surface area contributed by atoms with E-state index in [1.165, 1.54) is 11.3 Å². The fourth-order valence-electron chi connectivity index (χ4n) is 1.86. The Balaban J connectivity index is 1.73. The van der Waals surface area contributed by atoms with Gasteiger partial charge in [-0.2, -0.15) is 0 Å². The lowest BCUT2D eigenvalue weighted by Crippen LogP contribution is -2.22. The van der Waals surface area contributed by atoms with Gasteiger partial charge in [0.2, 0.25) is 0 Å². The number of nitrogens with zero attached hydrogens (tertiary/aromatic N) is 2. The van der Waals surface area contributed by atoms with E-state index in [0.717, 1.165) is 15.2 Å². The Morgan fingerprint density at radius 1 is 1.30 bits per heavy atom. The lowest BCUT2D eigenvalue weighted by molar-refractivity contribution is 0.0954. The smallest absolute Gasteiger partial charge is 0.263 e. The van der Waals surface area contributed by atoms with Crippen LogP contribution in [-0.4, -0.2) is 15.9 Å². The van der Waals surface area contributed by atoms with E-state index in [4.69, 9.17) is 5.73 Å². The van der Waals surface area contributed by atoms with Crippen molar-refractivity contribution in [1.82, 2.24) is 15.3 Å². The van der Waals surface area contributed by atoms with Crippen LogP contribution < -0.4 is 11.1 Å². The van der Waals surface area contributed by atoms with Crippen molar-refractivity contribution in [3.8, 4) is 0 Å². The van der Waals surface area contributed by atoms with E-state index in [-0.39, 0.29) is 5.91 Å². The normalized spacial score (nSPS) is 10.8. The van der Waals surface area contributed by atoms with E-state index in [1.54, 1.807) is 18.3 Å². The fraction of sp³-hybridized carbons (Fsp3) is 0.154.